The highest BCUT2D eigenvalue weighted by molar-refractivity contribution is 7.12. The molecule has 0 unspecified atom stereocenters. The van der Waals surface area contributed by atoms with E-state index in [4.69, 9.17) is 4.74 Å². The summed E-state index contributed by atoms with van der Waals surface area (Å²) in [5.41, 5.74) is 2.61. The predicted octanol–water partition coefficient (Wildman–Crippen LogP) is 3.87. The molecule has 1 aromatic carbocycles. The lowest BCUT2D eigenvalue weighted by Crippen LogP contribution is -1.80. The number of hydrogen-bond acceptors (Lipinski definition) is 2. The summed E-state index contributed by atoms with van der Waals surface area (Å²) in [5, 5.41) is 0. The van der Waals surface area contributed by atoms with Gasteiger partial charge in [0.2, 0.25) is 0 Å². The molecular weight excluding hydrogens is 204 g/mol. The maximum atomic E-state index is 5.14. The van der Waals surface area contributed by atoms with Crippen LogP contribution in [0.1, 0.15) is 9.75 Å². The van der Waals surface area contributed by atoms with Gasteiger partial charge in [-0.25, -0.2) is 0 Å². The smallest absolute Gasteiger partial charge is 0.0805 e. The van der Waals surface area contributed by atoms with Crippen LogP contribution in [0.25, 0.3) is 11.1 Å². The van der Waals surface area contributed by atoms with Crippen molar-refractivity contribution in [3.05, 3.63) is 46.2 Å². The average molecular weight is 218 g/mol. The van der Waals surface area contributed by atoms with Gasteiger partial charge in [0.25, 0.3) is 0 Å². The van der Waals surface area contributed by atoms with Gasteiger partial charge in [-0.1, -0.05) is 30.3 Å². The number of methoxy groups -OCH3 is 1. The fourth-order valence-electron chi connectivity index (χ4n) is 1.66. The van der Waals surface area contributed by atoms with E-state index in [2.05, 4.69) is 37.3 Å². The monoisotopic (exact) mass is 218 g/mol. The van der Waals surface area contributed by atoms with Crippen LogP contribution < -0.4 is 0 Å². The molecule has 0 N–H and O–H groups in total. The lowest BCUT2D eigenvalue weighted by Gasteiger charge is -1.98. The quantitative estimate of drug-likeness (QED) is 0.760. The zero-order chi connectivity index (χ0) is 10.7. The normalized spacial score (nSPS) is 10.5. The number of thiophene rings is 1. The van der Waals surface area contributed by atoms with Gasteiger partial charge in [0, 0.05) is 16.9 Å². The standard InChI is InChI=1S/C13H14OS/c1-10-13(8-12(15-10)9-14-2)11-6-4-3-5-7-11/h3-8H,9H2,1-2H3. The molecule has 1 heterocycles. The molecular formula is C13H14OS. The third-order valence-electron chi connectivity index (χ3n) is 2.34. The Bertz CT molecular complexity index is 431. The third kappa shape index (κ3) is 2.28. The summed E-state index contributed by atoms with van der Waals surface area (Å²) in [6.07, 6.45) is 0. The van der Waals surface area contributed by atoms with Crippen molar-refractivity contribution in [1.29, 1.82) is 0 Å². The summed E-state index contributed by atoms with van der Waals surface area (Å²) >= 11 is 1.81. The highest BCUT2D eigenvalue weighted by Crippen LogP contribution is 2.30. The predicted molar refractivity (Wildman–Crippen MR) is 65.2 cm³/mol. The van der Waals surface area contributed by atoms with Crippen molar-refractivity contribution in [3.8, 4) is 11.1 Å². The molecule has 0 bridgehead atoms. The van der Waals surface area contributed by atoms with Crippen molar-refractivity contribution in [2.45, 2.75) is 13.5 Å². The van der Waals surface area contributed by atoms with Gasteiger partial charge in [0.15, 0.2) is 0 Å². The van der Waals surface area contributed by atoms with Crippen LogP contribution in [0, 0.1) is 6.92 Å². The molecule has 0 atom stereocenters. The second-order valence-electron chi connectivity index (χ2n) is 3.48. The summed E-state index contributed by atoms with van der Waals surface area (Å²) in [5.74, 6) is 0. The molecule has 1 aromatic heterocycles. The van der Waals surface area contributed by atoms with E-state index in [9.17, 15) is 0 Å². The van der Waals surface area contributed by atoms with Crippen LogP contribution in [-0.2, 0) is 11.3 Å². The van der Waals surface area contributed by atoms with Crippen molar-refractivity contribution in [2.24, 2.45) is 0 Å². The lowest BCUT2D eigenvalue weighted by atomic mass is 10.1. The van der Waals surface area contributed by atoms with Gasteiger partial charge >= 0.3 is 0 Å². The first-order chi connectivity index (χ1) is 7.31. The molecule has 0 radical (unpaired) electrons. The summed E-state index contributed by atoms with van der Waals surface area (Å²) in [6, 6.07) is 12.7. The highest BCUT2D eigenvalue weighted by atomic mass is 32.1. The van der Waals surface area contributed by atoms with Crippen molar-refractivity contribution < 1.29 is 4.74 Å². The Morgan fingerprint density at radius 2 is 1.93 bits per heavy atom. The first-order valence-electron chi connectivity index (χ1n) is 4.95. The topological polar surface area (TPSA) is 9.23 Å². The molecule has 0 aliphatic rings. The zero-order valence-electron chi connectivity index (χ0n) is 8.99. The summed E-state index contributed by atoms with van der Waals surface area (Å²) in [7, 11) is 1.73. The van der Waals surface area contributed by atoms with Crippen molar-refractivity contribution in [2.75, 3.05) is 7.11 Å². The molecule has 0 aliphatic heterocycles. The maximum Gasteiger partial charge on any atom is 0.0805 e. The van der Waals surface area contributed by atoms with Crippen LogP contribution >= 0.6 is 11.3 Å². The highest BCUT2D eigenvalue weighted by Gasteiger charge is 2.06. The minimum absolute atomic E-state index is 0.707. The fraction of sp³-hybridized carbons (Fsp3) is 0.231. The van der Waals surface area contributed by atoms with Crippen molar-refractivity contribution in [1.82, 2.24) is 0 Å². The number of benzene rings is 1. The Balaban J connectivity index is 2.36. The second-order valence-corrected chi connectivity index (χ2v) is 4.82. The van der Waals surface area contributed by atoms with Crippen LogP contribution in [0.4, 0.5) is 0 Å². The molecule has 2 rings (SSSR count). The van der Waals surface area contributed by atoms with Crippen LogP contribution in [0.5, 0.6) is 0 Å². The van der Waals surface area contributed by atoms with Crippen molar-refractivity contribution in [3.63, 3.8) is 0 Å². The molecule has 0 saturated carbocycles. The minimum Gasteiger partial charge on any atom is -0.379 e. The van der Waals surface area contributed by atoms with Gasteiger partial charge < -0.3 is 4.74 Å². The van der Waals surface area contributed by atoms with E-state index in [1.165, 1.54) is 20.9 Å². The summed E-state index contributed by atoms with van der Waals surface area (Å²) < 4.78 is 5.14. The van der Waals surface area contributed by atoms with E-state index >= 15 is 0 Å². The first kappa shape index (κ1) is 10.4. The number of hydrogen-bond donors (Lipinski definition) is 0. The number of ether oxygens (including phenoxy) is 1. The molecule has 1 nitrogen and oxygen atoms in total. The minimum atomic E-state index is 0.707. The van der Waals surface area contributed by atoms with E-state index in [0.717, 1.165) is 0 Å². The van der Waals surface area contributed by atoms with Crippen molar-refractivity contribution >= 4 is 11.3 Å². The Morgan fingerprint density at radius 3 is 2.60 bits per heavy atom. The molecule has 0 spiro atoms. The molecule has 0 amide bonds. The number of rotatable bonds is 3. The SMILES string of the molecule is COCc1cc(-c2ccccc2)c(C)s1. The van der Waals surface area contributed by atoms with Crippen LogP contribution in [-0.4, -0.2) is 7.11 Å². The molecule has 2 aromatic rings. The van der Waals surface area contributed by atoms with E-state index in [0.29, 0.717) is 6.61 Å². The van der Waals surface area contributed by atoms with Crippen LogP contribution in [0.2, 0.25) is 0 Å². The van der Waals surface area contributed by atoms with Gasteiger partial charge in [-0.15, -0.1) is 11.3 Å². The Morgan fingerprint density at radius 1 is 1.20 bits per heavy atom. The summed E-state index contributed by atoms with van der Waals surface area (Å²) in [6.45, 7) is 2.87. The Labute approximate surface area is 94.3 Å². The maximum absolute atomic E-state index is 5.14. The van der Waals surface area contributed by atoms with Gasteiger partial charge in [0.1, 0.15) is 0 Å². The zero-order valence-corrected chi connectivity index (χ0v) is 9.80. The average Bonchev–Trinajstić information content (AvgIpc) is 2.61. The van der Waals surface area contributed by atoms with E-state index in [1.807, 2.05) is 17.4 Å². The first-order valence-corrected chi connectivity index (χ1v) is 5.76. The molecule has 0 saturated heterocycles. The Hall–Kier alpha value is -1.12. The van der Waals surface area contributed by atoms with Crippen LogP contribution in [0.3, 0.4) is 0 Å². The largest absolute Gasteiger partial charge is 0.379 e. The van der Waals surface area contributed by atoms with Crippen LogP contribution in [0.15, 0.2) is 36.4 Å². The Kier molecular flexibility index (Phi) is 3.19. The molecule has 2 heteroatoms. The van der Waals surface area contributed by atoms with Gasteiger partial charge in [0.05, 0.1) is 6.61 Å². The third-order valence-corrected chi connectivity index (χ3v) is 3.36. The molecule has 78 valence electrons. The van der Waals surface area contributed by atoms with Gasteiger partial charge in [-0.3, -0.25) is 0 Å². The van der Waals surface area contributed by atoms with Gasteiger partial charge in [-0.05, 0) is 24.1 Å². The summed E-state index contributed by atoms with van der Waals surface area (Å²) in [4.78, 5) is 2.64. The fourth-order valence-corrected chi connectivity index (χ4v) is 2.69. The van der Waals surface area contributed by atoms with E-state index in [-0.39, 0.29) is 0 Å². The number of aryl methyl sites for hydroxylation is 1. The molecule has 0 aliphatic carbocycles. The molecule has 15 heavy (non-hydrogen) atoms. The second kappa shape index (κ2) is 4.60. The van der Waals surface area contributed by atoms with E-state index < -0.39 is 0 Å². The van der Waals surface area contributed by atoms with Gasteiger partial charge in [-0.2, -0.15) is 0 Å². The van der Waals surface area contributed by atoms with E-state index in [1.54, 1.807) is 7.11 Å². The lowest BCUT2D eigenvalue weighted by molar-refractivity contribution is 0.187. The molecule has 0 fully saturated rings.